The molecular formula is C19H23NO3. The Kier molecular flexibility index (Phi) is 5.27. The third-order valence-electron chi connectivity index (χ3n) is 3.16. The van der Waals surface area contributed by atoms with Crippen LogP contribution >= 0.6 is 0 Å². The summed E-state index contributed by atoms with van der Waals surface area (Å²) >= 11 is 0. The Bertz CT molecular complexity index is 640. The van der Waals surface area contributed by atoms with E-state index in [0.717, 1.165) is 17.2 Å². The van der Waals surface area contributed by atoms with Gasteiger partial charge in [0.25, 0.3) is 0 Å². The molecule has 0 aliphatic heterocycles. The molecule has 2 aromatic carbocycles. The Hall–Kier alpha value is -2.49. The van der Waals surface area contributed by atoms with Gasteiger partial charge in [-0.25, -0.2) is 0 Å². The molecule has 1 amide bonds. The van der Waals surface area contributed by atoms with Crippen molar-refractivity contribution in [2.24, 2.45) is 5.41 Å². The third-order valence-corrected chi connectivity index (χ3v) is 3.16. The molecule has 4 nitrogen and oxygen atoms in total. The van der Waals surface area contributed by atoms with E-state index in [1.54, 1.807) is 0 Å². The van der Waals surface area contributed by atoms with Crippen LogP contribution in [0.15, 0.2) is 48.5 Å². The number of nitrogens with one attached hydrogen (secondary N) is 1. The zero-order chi connectivity index (χ0) is 16.9. The van der Waals surface area contributed by atoms with E-state index >= 15 is 0 Å². The van der Waals surface area contributed by atoms with Crippen LogP contribution in [-0.4, -0.2) is 12.5 Å². The number of carbonyl (C=O) groups is 1. The van der Waals surface area contributed by atoms with Crippen LogP contribution in [-0.2, 0) is 4.79 Å². The van der Waals surface area contributed by atoms with Crippen LogP contribution in [0.1, 0.15) is 27.7 Å². The lowest BCUT2D eigenvalue weighted by Gasteiger charge is -2.17. The summed E-state index contributed by atoms with van der Waals surface area (Å²) in [4.78, 5) is 11.9. The number of anilines is 1. The van der Waals surface area contributed by atoms with E-state index in [1.165, 1.54) is 0 Å². The minimum Gasteiger partial charge on any atom is -0.494 e. The van der Waals surface area contributed by atoms with Crippen molar-refractivity contribution in [2.75, 3.05) is 11.9 Å². The van der Waals surface area contributed by atoms with Crippen LogP contribution in [0, 0.1) is 5.41 Å². The van der Waals surface area contributed by atoms with E-state index in [2.05, 4.69) is 5.32 Å². The van der Waals surface area contributed by atoms with Crippen molar-refractivity contribution in [2.45, 2.75) is 27.7 Å². The summed E-state index contributed by atoms with van der Waals surface area (Å²) in [5, 5.41) is 2.88. The van der Waals surface area contributed by atoms with E-state index in [0.29, 0.717) is 12.4 Å². The number of ether oxygens (including phenoxy) is 2. The first-order valence-electron chi connectivity index (χ1n) is 7.71. The molecule has 0 saturated heterocycles. The Morgan fingerprint density at radius 2 is 1.39 bits per heavy atom. The molecule has 0 heterocycles. The van der Waals surface area contributed by atoms with Gasteiger partial charge in [0.15, 0.2) is 0 Å². The Balaban J connectivity index is 1.98. The fraction of sp³-hybridized carbons (Fsp3) is 0.316. The molecule has 0 spiro atoms. The van der Waals surface area contributed by atoms with Crippen LogP contribution in [0.4, 0.5) is 5.69 Å². The van der Waals surface area contributed by atoms with E-state index in [9.17, 15) is 4.79 Å². The first-order valence-corrected chi connectivity index (χ1v) is 7.71. The number of carbonyl (C=O) groups excluding carboxylic acids is 1. The molecule has 2 rings (SSSR count). The first kappa shape index (κ1) is 16.9. The molecule has 0 radical (unpaired) electrons. The van der Waals surface area contributed by atoms with Gasteiger partial charge in [-0.3, -0.25) is 4.79 Å². The lowest BCUT2D eigenvalue weighted by molar-refractivity contribution is -0.123. The molecule has 0 unspecified atom stereocenters. The van der Waals surface area contributed by atoms with Crippen LogP contribution in [0.5, 0.6) is 17.2 Å². The van der Waals surface area contributed by atoms with Gasteiger partial charge >= 0.3 is 0 Å². The van der Waals surface area contributed by atoms with E-state index in [-0.39, 0.29) is 5.91 Å². The average Bonchev–Trinajstić information content (AvgIpc) is 2.50. The smallest absolute Gasteiger partial charge is 0.229 e. The molecule has 0 atom stereocenters. The van der Waals surface area contributed by atoms with Gasteiger partial charge in [-0.1, -0.05) is 20.8 Å². The second-order valence-corrected chi connectivity index (χ2v) is 6.23. The van der Waals surface area contributed by atoms with E-state index in [1.807, 2.05) is 76.2 Å². The second-order valence-electron chi connectivity index (χ2n) is 6.23. The monoisotopic (exact) mass is 313 g/mol. The molecular weight excluding hydrogens is 290 g/mol. The standard InChI is InChI=1S/C19H23NO3/c1-5-22-15-10-12-17(13-11-15)23-16-8-6-14(7-9-16)20-18(21)19(2,3)4/h6-13H,5H2,1-4H3,(H,20,21). The fourth-order valence-electron chi connectivity index (χ4n) is 1.83. The molecule has 2 aromatic rings. The second kappa shape index (κ2) is 7.18. The summed E-state index contributed by atoms with van der Waals surface area (Å²) in [6.45, 7) is 8.23. The molecule has 0 aliphatic rings. The summed E-state index contributed by atoms with van der Waals surface area (Å²) < 4.78 is 11.2. The Labute approximate surface area is 137 Å². The minimum atomic E-state index is -0.419. The van der Waals surface area contributed by atoms with Crippen molar-refractivity contribution < 1.29 is 14.3 Å². The van der Waals surface area contributed by atoms with Crippen LogP contribution in [0.25, 0.3) is 0 Å². The van der Waals surface area contributed by atoms with Gasteiger partial charge in [0.2, 0.25) is 5.91 Å². The van der Waals surface area contributed by atoms with Crippen molar-refractivity contribution in [3.8, 4) is 17.2 Å². The maximum absolute atomic E-state index is 11.9. The molecule has 0 bridgehead atoms. The zero-order valence-corrected chi connectivity index (χ0v) is 14.1. The maximum atomic E-state index is 11.9. The quantitative estimate of drug-likeness (QED) is 0.857. The molecule has 1 N–H and O–H groups in total. The van der Waals surface area contributed by atoms with Gasteiger partial charge in [-0.05, 0) is 55.5 Å². The highest BCUT2D eigenvalue weighted by molar-refractivity contribution is 5.94. The largest absolute Gasteiger partial charge is 0.494 e. The SMILES string of the molecule is CCOc1ccc(Oc2ccc(NC(=O)C(C)(C)C)cc2)cc1. The summed E-state index contributed by atoms with van der Waals surface area (Å²) in [6.07, 6.45) is 0. The normalized spacial score (nSPS) is 11.0. The van der Waals surface area contributed by atoms with Crippen LogP contribution in [0.2, 0.25) is 0 Å². The lowest BCUT2D eigenvalue weighted by Crippen LogP contribution is -2.27. The summed E-state index contributed by atoms with van der Waals surface area (Å²) in [7, 11) is 0. The predicted octanol–water partition coefficient (Wildman–Crippen LogP) is 4.86. The Morgan fingerprint density at radius 1 is 0.913 bits per heavy atom. The number of hydrogen-bond acceptors (Lipinski definition) is 3. The van der Waals surface area contributed by atoms with E-state index in [4.69, 9.17) is 9.47 Å². The highest BCUT2D eigenvalue weighted by atomic mass is 16.5. The molecule has 23 heavy (non-hydrogen) atoms. The molecule has 122 valence electrons. The Morgan fingerprint density at radius 3 is 1.87 bits per heavy atom. The van der Waals surface area contributed by atoms with Gasteiger partial charge in [0, 0.05) is 11.1 Å². The highest BCUT2D eigenvalue weighted by Crippen LogP contribution is 2.25. The number of rotatable bonds is 5. The number of amides is 1. The first-order chi connectivity index (χ1) is 10.9. The van der Waals surface area contributed by atoms with Crippen molar-refractivity contribution >= 4 is 11.6 Å². The fourth-order valence-corrected chi connectivity index (χ4v) is 1.83. The number of hydrogen-bond donors (Lipinski definition) is 1. The molecule has 0 fully saturated rings. The van der Waals surface area contributed by atoms with Crippen LogP contribution < -0.4 is 14.8 Å². The van der Waals surface area contributed by atoms with E-state index < -0.39 is 5.41 Å². The highest BCUT2D eigenvalue weighted by Gasteiger charge is 2.20. The zero-order valence-electron chi connectivity index (χ0n) is 14.1. The van der Waals surface area contributed by atoms with Crippen molar-refractivity contribution in [3.63, 3.8) is 0 Å². The van der Waals surface area contributed by atoms with Crippen molar-refractivity contribution in [1.29, 1.82) is 0 Å². The summed E-state index contributed by atoms with van der Waals surface area (Å²) in [5.41, 5.74) is 0.335. The van der Waals surface area contributed by atoms with Crippen LogP contribution in [0.3, 0.4) is 0 Å². The van der Waals surface area contributed by atoms with Gasteiger partial charge < -0.3 is 14.8 Å². The average molecular weight is 313 g/mol. The van der Waals surface area contributed by atoms with Crippen molar-refractivity contribution in [1.82, 2.24) is 0 Å². The topological polar surface area (TPSA) is 47.6 Å². The third kappa shape index (κ3) is 5.02. The van der Waals surface area contributed by atoms with Gasteiger partial charge in [0.1, 0.15) is 17.2 Å². The lowest BCUT2D eigenvalue weighted by atomic mass is 9.95. The molecule has 4 heteroatoms. The van der Waals surface area contributed by atoms with Crippen molar-refractivity contribution in [3.05, 3.63) is 48.5 Å². The van der Waals surface area contributed by atoms with Gasteiger partial charge in [0.05, 0.1) is 6.61 Å². The maximum Gasteiger partial charge on any atom is 0.229 e. The molecule has 0 aliphatic carbocycles. The summed E-state index contributed by atoms with van der Waals surface area (Å²) in [6, 6.07) is 14.8. The number of benzene rings is 2. The van der Waals surface area contributed by atoms with Gasteiger partial charge in [-0.2, -0.15) is 0 Å². The summed E-state index contributed by atoms with van der Waals surface area (Å²) in [5.74, 6) is 2.25. The minimum absolute atomic E-state index is 0.0160. The predicted molar refractivity (Wildman–Crippen MR) is 92.2 cm³/mol. The van der Waals surface area contributed by atoms with Gasteiger partial charge in [-0.15, -0.1) is 0 Å². The molecule has 0 saturated carbocycles. The molecule has 0 aromatic heterocycles.